The molecule has 5 heteroatoms. The lowest BCUT2D eigenvalue weighted by molar-refractivity contribution is -0.118. The van der Waals surface area contributed by atoms with Crippen LogP contribution in [-0.2, 0) is 4.79 Å². The van der Waals surface area contributed by atoms with E-state index in [-0.39, 0.29) is 11.8 Å². The fourth-order valence-corrected chi connectivity index (χ4v) is 3.29. The number of rotatable bonds is 5. The Bertz CT molecular complexity index is 794. The molecular formula is C21H24N2O3. The summed E-state index contributed by atoms with van der Waals surface area (Å²) < 4.78 is 5.38. The molecule has 26 heavy (non-hydrogen) atoms. The van der Waals surface area contributed by atoms with Gasteiger partial charge in [0.15, 0.2) is 0 Å². The number of anilines is 1. The monoisotopic (exact) mass is 352 g/mol. The highest BCUT2D eigenvalue weighted by atomic mass is 16.5. The van der Waals surface area contributed by atoms with Crippen LogP contribution in [0.1, 0.15) is 34.8 Å². The molecule has 1 heterocycles. The van der Waals surface area contributed by atoms with Crippen molar-refractivity contribution < 1.29 is 14.3 Å². The van der Waals surface area contributed by atoms with Crippen molar-refractivity contribution >= 4 is 17.5 Å². The van der Waals surface area contributed by atoms with E-state index in [0.717, 1.165) is 22.6 Å². The zero-order chi connectivity index (χ0) is 18.7. The fraction of sp³-hybridized carbons (Fsp3) is 0.333. The van der Waals surface area contributed by atoms with Gasteiger partial charge in [-0.3, -0.25) is 9.59 Å². The van der Waals surface area contributed by atoms with E-state index in [4.69, 9.17) is 4.74 Å². The van der Waals surface area contributed by atoms with Crippen LogP contribution in [0.4, 0.5) is 5.69 Å². The molecule has 1 unspecified atom stereocenters. The Labute approximate surface area is 154 Å². The molecule has 1 fully saturated rings. The molecule has 0 spiro atoms. The number of amides is 2. The molecule has 0 saturated carbocycles. The van der Waals surface area contributed by atoms with Gasteiger partial charge in [-0.25, -0.2) is 0 Å². The standard InChI is InChI=1S/C21H24N2O3/c1-4-26-18-7-5-16(6-8-18)20(24)22-19-9-10-23(21(19)25)17-12-14(2)11-15(3)13-17/h5-8,11-13,19H,4,9-10H2,1-3H3,(H,22,24). The quantitative estimate of drug-likeness (QED) is 0.899. The topological polar surface area (TPSA) is 58.6 Å². The lowest BCUT2D eigenvalue weighted by atomic mass is 10.1. The van der Waals surface area contributed by atoms with E-state index in [2.05, 4.69) is 11.4 Å². The molecule has 1 N–H and O–H groups in total. The molecule has 1 atom stereocenters. The third-order valence-corrected chi connectivity index (χ3v) is 4.46. The predicted octanol–water partition coefficient (Wildman–Crippen LogP) is 3.24. The predicted molar refractivity (Wildman–Crippen MR) is 102 cm³/mol. The highest BCUT2D eigenvalue weighted by Gasteiger charge is 2.33. The van der Waals surface area contributed by atoms with E-state index < -0.39 is 6.04 Å². The van der Waals surface area contributed by atoms with Gasteiger partial charge in [-0.1, -0.05) is 6.07 Å². The van der Waals surface area contributed by atoms with Crippen molar-refractivity contribution in [2.75, 3.05) is 18.1 Å². The first kappa shape index (κ1) is 18.0. The van der Waals surface area contributed by atoms with E-state index in [1.807, 2.05) is 32.9 Å². The van der Waals surface area contributed by atoms with Crippen molar-refractivity contribution in [1.29, 1.82) is 0 Å². The van der Waals surface area contributed by atoms with E-state index >= 15 is 0 Å². The number of carbonyl (C=O) groups is 2. The summed E-state index contributed by atoms with van der Waals surface area (Å²) in [5.41, 5.74) is 3.65. The van der Waals surface area contributed by atoms with Crippen LogP contribution in [0.3, 0.4) is 0 Å². The summed E-state index contributed by atoms with van der Waals surface area (Å²) in [7, 11) is 0. The molecule has 0 aliphatic carbocycles. The van der Waals surface area contributed by atoms with Gasteiger partial charge in [-0.2, -0.15) is 0 Å². The summed E-state index contributed by atoms with van der Waals surface area (Å²) >= 11 is 0. The largest absolute Gasteiger partial charge is 0.494 e. The van der Waals surface area contributed by atoms with Crippen molar-refractivity contribution in [3.05, 3.63) is 59.2 Å². The normalized spacial score (nSPS) is 16.7. The lowest BCUT2D eigenvalue weighted by Crippen LogP contribution is -2.41. The van der Waals surface area contributed by atoms with Gasteiger partial charge < -0.3 is 15.0 Å². The van der Waals surface area contributed by atoms with E-state index in [0.29, 0.717) is 25.1 Å². The van der Waals surface area contributed by atoms with Crippen LogP contribution in [-0.4, -0.2) is 31.0 Å². The maximum absolute atomic E-state index is 12.7. The smallest absolute Gasteiger partial charge is 0.251 e. The Balaban J connectivity index is 1.67. The SMILES string of the molecule is CCOc1ccc(C(=O)NC2CCN(c3cc(C)cc(C)c3)C2=O)cc1. The van der Waals surface area contributed by atoms with Gasteiger partial charge in [0.05, 0.1) is 6.61 Å². The summed E-state index contributed by atoms with van der Waals surface area (Å²) in [6, 6.07) is 12.5. The van der Waals surface area contributed by atoms with Crippen LogP contribution in [0.5, 0.6) is 5.75 Å². The first-order valence-electron chi connectivity index (χ1n) is 8.91. The second kappa shape index (κ2) is 7.60. The van der Waals surface area contributed by atoms with Crippen molar-refractivity contribution in [3.63, 3.8) is 0 Å². The number of nitrogens with zero attached hydrogens (tertiary/aromatic N) is 1. The maximum atomic E-state index is 12.7. The summed E-state index contributed by atoms with van der Waals surface area (Å²) in [6.07, 6.45) is 0.606. The highest BCUT2D eigenvalue weighted by molar-refractivity contribution is 6.04. The van der Waals surface area contributed by atoms with E-state index in [1.54, 1.807) is 29.2 Å². The third-order valence-electron chi connectivity index (χ3n) is 4.46. The number of nitrogens with one attached hydrogen (secondary N) is 1. The molecule has 0 aromatic heterocycles. The van der Waals surface area contributed by atoms with Crippen LogP contribution >= 0.6 is 0 Å². The number of carbonyl (C=O) groups excluding carboxylic acids is 2. The minimum Gasteiger partial charge on any atom is -0.494 e. The Kier molecular flexibility index (Phi) is 5.26. The Morgan fingerprint density at radius 3 is 2.42 bits per heavy atom. The molecule has 3 rings (SSSR count). The lowest BCUT2D eigenvalue weighted by Gasteiger charge is -2.18. The summed E-state index contributed by atoms with van der Waals surface area (Å²) in [4.78, 5) is 26.9. The van der Waals surface area contributed by atoms with Gasteiger partial charge in [0.1, 0.15) is 11.8 Å². The number of ether oxygens (including phenoxy) is 1. The number of benzene rings is 2. The molecule has 1 aliphatic heterocycles. The molecule has 0 radical (unpaired) electrons. The van der Waals surface area contributed by atoms with Gasteiger partial charge in [-0.15, -0.1) is 0 Å². The van der Waals surface area contributed by atoms with E-state index in [1.165, 1.54) is 0 Å². The summed E-state index contributed by atoms with van der Waals surface area (Å²) in [5, 5.41) is 2.85. The van der Waals surface area contributed by atoms with Crippen molar-refractivity contribution in [3.8, 4) is 5.75 Å². The van der Waals surface area contributed by atoms with Crippen LogP contribution in [0, 0.1) is 13.8 Å². The Morgan fingerprint density at radius 1 is 1.15 bits per heavy atom. The summed E-state index contributed by atoms with van der Waals surface area (Å²) in [6.45, 7) is 7.13. The van der Waals surface area contributed by atoms with Gasteiger partial charge >= 0.3 is 0 Å². The van der Waals surface area contributed by atoms with Gasteiger partial charge in [0.2, 0.25) is 5.91 Å². The van der Waals surface area contributed by atoms with Gasteiger partial charge in [-0.05, 0) is 74.7 Å². The average Bonchev–Trinajstić information content (AvgIpc) is 2.95. The van der Waals surface area contributed by atoms with Crippen LogP contribution < -0.4 is 15.0 Å². The minimum absolute atomic E-state index is 0.0608. The number of hydrogen-bond acceptors (Lipinski definition) is 3. The molecule has 136 valence electrons. The van der Waals surface area contributed by atoms with Crippen LogP contribution in [0.15, 0.2) is 42.5 Å². The Morgan fingerprint density at radius 2 is 1.81 bits per heavy atom. The average molecular weight is 352 g/mol. The molecule has 2 aromatic carbocycles. The number of hydrogen-bond donors (Lipinski definition) is 1. The minimum atomic E-state index is -0.491. The molecule has 2 amide bonds. The van der Waals surface area contributed by atoms with Crippen molar-refractivity contribution in [1.82, 2.24) is 5.32 Å². The molecule has 1 aliphatic rings. The zero-order valence-electron chi connectivity index (χ0n) is 15.4. The van der Waals surface area contributed by atoms with Crippen LogP contribution in [0.25, 0.3) is 0 Å². The number of aryl methyl sites for hydroxylation is 2. The fourth-order valence-electron chi connectivity index (χ4n) is 3.29. The highest BCUT2D eigenvalue weighted by Crippen LogP contribution is 2.24. The second-order valence-electron chi connectivity index (χ2n) is 6.61. The Hall–Kier alpha value is -2.82. The molecular weight excluding hydrogens is 328 g/mol. The van der Waals surface area contributed by atoms with Gasteiger partial charge in [0, 0.05) is 17.8 Å². The van der Waals surface area contributed by atoms with Crippen molar-refractivity contribution in [2.24, 2.45) is 0 Å². The second-order valence-corrected chi connectivity index (χ2v) is 6.61. The zero-order valence-corrected chi connectivity index (χ0v) is 15.4. The first-order valence-corrected chi connectivity index (χ1v) is 8.91. The molecule has 5 nitrogen and oxygen atoms in total. The molecule has 1 saturated heterocycles. The molecule has 0 bridgehead atoms. The third kappa shape index (κ3) is 3.87. The van der Waals surface area contributed by atoms with Crippen LogP contribution in [0.2, 0.25) is 0 Å². The van der Waals surface area contributed by atoms with E-state index in [9.17, 15) is 9.59 Å². The molecule has 2 aromatic rings. The maximum Gasteiger partial charge on any atom is 0.251 e. The summed E-state index contributed by atoms with van der Waals surface area (Å²) in [5.74, 6) is 0.421. The first-order chi connectivity index (χ1) is 12.5. The van der Waals surface area contributed by atoms with Gasteiger partial charge in [0.25, 0.3) is 5.91 Å². The van der Waals surface area contributed by atoms with Crippen molar-refractivity contribution in [2.45, 2.75) is 33.2 Å².